The van der Waals surface area contributed by atoms with E-state index in [2.05, 4.69) is 6.92 Å². The topological polar surface area (TPSA) is 55.6 Å². The molecule has 1 aromatic rings. The molecule has 0 spiro atoms. The first-order chi connectivity index (χ1) is 9.01. The maximum atomic E-state index is 12.5. The Hall–Kier alpha value is -1.55. The Morgan fingerprint density at radius 1 is 1.42 bits per heavy atom. The number of piperidine rings is 1. The monoisotopic (exact) mass is 262 g/mol. The first-order valence-corrected chi connectivity index (χ1v) is 6.70. The van der Waals surface area contributed by atoms with Gasteiger partial charge in [-0.05, 0) is 37.0 Å². The van der Waals surface area contributed by atoms with Crippen LogP contribution in [0.3, 0.4) is 0 Å². The molecule has 0 aliphatic carbocycles. The van der Waals surface area contributed by atoms with Gasteiger partial charge in [0.2, 0.25) is 0 Å². The maximum Gasteiger partial charge on any atom is 0.254 e. The van der Waals surface area contributed by atoms with Crippen molar-refractivity contribution in [3.63, 3.8) is 0 Å². The zero-order valence-electron chi connectivity index (χ0n) is 11.8. The van der Waals surface area contributed by atoms with Crippen molar-refractivity contribution in [1.29, 1.82) is 0 Å². The summed E-state index contributed by atoms with van der Waals surface area (Å²) in [4.78, 5) is 14.3. The zero-order chi connectivity index (χ0) is 14.0. The van der Waals surface area contributed by atoms with Gasteiger partial charge >= 0.3 is 0 Å². The minimum Gasteiger partial charge on any atom is -0.496 e. The van der Waals surface area contributed by atoms with Crippen LogP contribution in [0, 0.1) is 12.8 Å². The van der Waals surface area contributed by atoms with Gasteiger partial charge in [-0.15, -0.1) is 0 Å². The van der Waals surface area contributed by atoms with E-state index < -0.39 is 0 Å². The molecule has 1 aliphatic heterocycles. The number of aryl methyl sites for hydroxylation is 1. The number of likely N-dealkylation sites (tertiary alicyclic amines) is 1. The lowest BCUT2D eigenvalue weighted by molar-refractivity contribution is 0.0660. The van der Waals surface area contributed by atoms with E-state index in [0.717, 1.165) is 24.3 Å². The molecule has 1 fully saturated rings. The number of hydrogen-bond acceptors (Lipinski definition) is 3. The minimum absolute atomic E-state index is 0.0419. The van der Waals surface area contributed by atoms with Gasteiger partial charge in [0.15, 0.2) is 0 Å². The Balaban J connectivity index is 2.19. The van der Waals surface area contributed by atoms with Gasteiger partial charge in [0, 0.05) is 24.7 Å². The van der Waals surface area contributed by atoms with Gasteiger partial charge in [0.05, 0.1) is 7.11 Å². The smallest absolute Gasteiger partial charge is 0.254 e. The zero-order valence-corrected chi connectivity index (χ0v) is 11.8. The van der Waals surface area contributed by atoms with Crippen LogP contribution in [0.2, 0.25) is 0 Å². The fourth-order valence-corrected chi connectivity index (χ4v) is 2.70. The summed E-state index contributed by atoms with van der Waals surface area (Å²) < 4.78 is 5.27. The molecule has 2 rings (SSSR count). The van der Waals surface area contributed by atoms with Crippen LogP contribution in [0.15, 0.2) is 18.2 Å². The first kappa shape index (κ1) is 13.9. The van der Waals surface area contributed by atoms with Crippen LogP contribution in [0.1, 0.15) is 29.3 Å². The SMILES string of the molecule is COc1cc(C(=O)N2CC(C)CC(N)C2)ccc1C. The van der Waals surface area contributed by atoms with Gasteiger partial charge < -0.3 is 15.4 Å². The largest absolute Gasteiger partial charge is 0.496 e. The van der Waals surface area contributed by atoms with Gasteiger partial charge in [-0.1, -0.05) is 13.0 Å². The summed E-state index contributed by atoms with van der Waals surface area (Å²) in [5, 5.41) is 0. The third-order valence-corrected chi connectivity index (χ3v) is 3.63. The molecule has 1 saturated heterocycles. The second kappa shape index (κ2) is 5.61. The van der Waals surface area contributed by atoms with E-state index in [-0.39, 0.29) is 11.9 Å². The number of nitrogens with two attached hydrogens (primary N) is 1. The third-order valence-electron chi connectivity index (χ3n) is 3.63. The highest BCUT2D eigenvalue weighted by molar-refractivity contribution is 5.94. The maximum absolute atomic E-state index is 12.5. The number of carbonyl (C=O) groups excluding carboxylic acids is 1. The van der Waals surface area contributed by atoms with Crippen molar-refractivity contribution < 1.29 is 9.53 Å². The Kier molecular flexibility index (Phi) is 4.10. The van der Waals surface area contributed by atoms with Crippen LogP contribution in [-0.2, 0) is 0 Å². The summed E-state index contributed by atoms with van der Waals surface area (Å²) >= 11 is 0. The van der Waals surface area contributed by atoms with Crippen molar-refractivity contribution in [2.45, 2.75) is 26.3 Å². The predicted molar refractivity (Wildman–Crippen MR) is 75.4 cm³/mol. The lowest BCUT2D eigenvalue weighted by atomic mass is 9.96. The molecule has 0 saturated carbocycles. The lowest BCUT2D eigenvalue weighted by Gasteiger charge is -2.34. The summed E-state index contributed by atoms with van der Waals surface area (Å²) in [5.41, 5.74) is 7.69. The number of nitrogens with zero attached hydrogens (tertiary/aromatic N) is 1. The molecule has 4 nitrogen and oxygen atoms in total. The summed E-state index contributed by atoms with van der Waals surface area (Å²) in [7, 11) is 1.62. The van der Waals surface area contributed by atoms with Crippen LogP contribution in [0.5, 0.6) is 5.75 Å². The van der Waals surface area contributed by atoms with Crippen molar-refractivity contribution in [2.24, 2.45) is 11.7 Å². The number of methoxy groups -OCH3 is 1. The van der Waals surface area contributed by atoms with Crippen LogP contribution >= 0.6 is 0 Å². The van der Waals surface area contributed by atoms with E-state index in [1.54, 1.807) is 7.11 Å². The first-order valence-electron chi connectivity index (χ1n) is 6.70. The van der Waals surface area contributed by atoms with E-state index in [9.17, 15) is 4.79 Å². The van der Waals surface area contributed by atoms with Gasteiger partial charge in [0.25, 0.3) is 5.91 Å². The summed E-state index contributed by atoms with van der Waals surface area (Å²) in [6.07, 6.45) is 0.987. The van der Waals surface area contributed by atoms with Crippen LogP contribution in [-0.4, -0.2) is 37.0 Å². The van der Waals surface area contributed by atoms with E-state index >= 15 is 0 Å². The number of rotatable bonds is 2. The van der Waals surface area contributed by atoms with Gasteiger partial charge in [-0.25, -0.2) is 0 Å². The Morgan fingerprint density at radius 2 is 2.16 bits per heavy atom. The number of carbonyl (C=O) groups is 1. The fraction of sp³-hybridized carbons (Fsp3) is 0.533. The van der Waals surface area contributed by atoms with Gasteiger partial charge in [-0.2, -0.15) is 0 Å². The Bertz CT molecular complexity index is 463. The van der Waals surface area contributed by atoms with Crippen molar-refractivity contribution in [3.8, 4) is 5.75 Å². The molecular weight excluding hydrogens is 240 g/mol. The summed E-state index contributed by atoms with van der Waals surface area (Å²) in [6, 6.07) is 5.66. The molecule has 1 aliphatic rings. The number of hydrogen-bond donors (Lipinski definition) is 1. The second-order valence-corrected chi connectivity index (χ2v) is 5.50. The molecule has 0 radical (unpaired) electrons. The van der Waals surface area contributed by atoms with Crippen LogP contribution in [0.25, 0.3) is 0 Å². The molecule has 4 heteroatoms. The minimum atomic E-state index is 0.0419. The van der Waals surface area contributed by atoms with Crippen molar-refractivity contribution in [2.75, 3.05) is 20.2 Å². The van der Waals surface area contributed by atoms with E-state index in [1.807, 2.05) is 30.0 Å². The predicted octanol–water partition coefficient (Wildman–Crippen LogP) is 1.81. The van der Waals surface area contributed by atoms with Crippen molar-refractivity contribution in [1.82, 2.24) is 4.90 Å². The van der Waals surface area contributed by atoms with Gasteiger partial charge in [0.1, 0.15) is 5.75 Å². The fourth-order valence-electron chi connectivity index (χ4n) is 2.70. The molecule has 19 heavy (non-hydrogen) atoms. The molecule has 2 unspecified atom stereocenters. The van der Waals surface area contributed by atoms with E-state index in [0.29, 0.717) is 18.0 Å². The molecular formula is C15H22N2O2. The molecule has 1 heterocycles. The molecule has 1 aromatic carbocycles. The average molecular weight is 262 g/mol. The second-order valence-electron chi connectivity index (χ2n) is 5.50. The molecule has 1 amide bonds. The number of ether oxygens (including phenoxy) is 1. The molecule has 104 valence electrons. The molecule has 0 aromatic heterocycles. The Morgan fingerprint density at radius 3 is 2.79 bits per heavy atom. The van der Waals surface area contributed by atoms with Crippen LogP contribution in [0.4, 0.5) is 0 Å². The highest BCUT2D eigenvalue weighted by Crippen LogP contribution is 2.22. The average Bonchev–Trinajstić information content (AvgIpc) is 2.37. The van der Waals surface area contributed by atoms with Gasteiger partial charge in [-0.3, -0.25) is 4.79 Å². The Labute approximate surface area is 114 Å². The number of benzene rings is 1. The van der Waals surface area contributed by atoms with Crippen molar-refractivity contribution >= 4 is 5.91 Å². The van der Waals surface area contributed by atoms with Crippen molar-refractivity contribution in [3.05, 3.63) is 29.3 Å². The molecule has 0 bridgehead atoms. The molecule has 2 atom stereocenters. The highest BCUT2D eigenvalue weighted by Gasteiger charge is 2.26. The summed E-state index contributed by atoms with van der Waals surface area (Å²) in [6.45, 7) is 5.52. The summed E-state index contributed by atoms with van der Waals surface area (Å²) in [5.74, 6) is 1.25. The molecule has 2 N–H and O–H groups in total. The lowest BCUT2D eigenvalue weighted by Crippen LogP contribution is -2.48. The third kappa shape index (κ3) is 3.07. The van der Waals surface area contributed by atoms with E-state index in [4.69, 9.17) is 10.5 Å². The normalized spacial score (nSPS) is 23.3. The van der Waals surface area contributed by atoms with Crippen LogP contribution < -0.4 is 10.5 Å². The number of amides is 1. The van der Waals surface area contributed by atoms with E-state index in [1.165, 1.54) is 0 Å². The standard InChI is InChI=1S/C15H22N2O2/c1-10-6-13(16)9-17(8-10)15(18)12-5-4-11(2)14(7-12)19-3/h4-5,7,10,13H,6,8-9,16H2,1-3H3. The quantitative estimate of drug-likeness (QED) is 0.884. The highest BCUT2D eigenvalue weighted by atomic mass is 16.5.